The van der Waals surface area contributed by atoms with Gasteiger partial charge in [0.15, 0.2) is 0 Å². The van der Waals surface area contributed by atoms with E-state index in [4.69, 9.17) is 0 Å². The lowest BCUT2D eigenvalue weighted by atomic mass is 10.2. The molecule has 0 aliphatic carbocycles. The zero-order valence-corrected chi connectivity index (χ0v) is 21.1. The fraction of sp³-hybridized carbons (Fsp3) is 0.348. The summed E-state index contributed by atoms with van der Waals surface area (Å²) in [6.07, 6.45) is -1.55. The van der Waals surface area contributed by atoms with Gasteiger partial charge in [0, 0.05) is 44.3 Å². The van der Waals surface area contributed by atoms with Crippen molar-refractivity contribution >= 4 is 33.3 Å². The Hall–Kier alpha value is -3.45. The Labute approximate surface area is 208 Å². The highest BCUT2D eigenvalue weighted by atomic mass is 32.2. The first-order valence-corrected chi connectivity index (χ1v) is 12.8. The van der Waals surface area contributed by atoms with Crippen LogP contribution in [-0.4, -0.2) is 42.7 Å². The number of pyridine rings is 1. The van der Waals surface area contributed by atoms with Gasteiger partial charge in [-0.25, -0.2) is 18.4 Å². The van der Waals surface area contributed by atoms with E-state index in [1.54, 1.807) is 18.2 Å². The first-order valence-electron chi connectivity index (χ1n) is 11.0. The molecule has 0 aliphatic heterocycles. The van der Waals surface area contributed by atoms with Gasteiger partial charge in [-0.1, -0.05) is 26.0 Å². The molecule has 0 atom stereocenters. The molecule has 3 rings (SSSR count). The molecule has 0 spiro atoms. The fourth-order valence-electron chi connectivity index (χ4n) is 3.04. The molecule has 9 nitrogen and oxygen atoms in total. The van der Waals surface area contributed by atoms with E-state index in [1.165, 1.54) is 19.3 Å². The molecule has 0 amide bonds. The highest BCUT2D eigenvalue weighted by Crippen LogP contribution is 2.34. The van der Waals surface area contributed by atoms with Gasteiger partial charge in [-0.3, -0.25) is 4.31 Å². The van der Waals surface area contributed by atoms with Crippen molar-refractivity contribution in [1.29, 1.82) is 0 Å². The summed E-state index contributed by atoms with van der Waals surface area (Å²) in [7, 11) is -2.20. The van der Waals surface area contributed by atoms with Crippen LogP contribution in [0.25, 0.3) is 0 Å². The Morgan fingerprint density at radius 1 is 1.03 bits per heavy atom. The quantitative estimate of drug-likeness (QED) is 0.364. The van der Waals surface area contributed by atoms with Crippen LogP contribution in [0, 0.1) is 0 Å². The molecule has 0 unspecified atom stereocenters. The molecule has 0 fully saturated rings. The molecular weight excluding hydrogens is 495 g/mol. The number of nitrogens with zero attached hydrogens (tertiary/aromatic N) is 4. The lowest BCUT2D eigenvalue weighted by molar-refractivity contribution is -0.137. The Morgan fingerprint density at radius 2 is 1.72 bits per heavy atom. The maximum absolute atomic E-state index is 13.6. The van der Waals surface area contributed by atoms with E-state index in [0.29, 0.717) is 30.0 Å². The number of hydrogen-bond donors (Lipinski definition) is 3. The van der Waals surface area contributed by atoms with Crippen LogP contribution in [0.3, 0.4) is 0 Å². The number of benzene rings is 1. The second-order valence-electron chi connectivity index (χ2n) is 8.42. The Bertz CT molecular complexity index is 1280. The molecule has 3 N–H and O–H groups in total. The van der Waals surface area contributed by atoms with Crippen LogP contribution >= 0.6 is 0 Å². The zero-order valence-electron chi connectivity index (χ0n) is 20.3. The summed E-state index contributed by atoms with van der Waals surface area (Å²) in [6, 6.07) is 10.8. The third kappa shape index (κ3) is 7.52. The monoisotopic (exact) mass is 523 g/mol. The van der Waals surface area contributed by atoms with Gasteiger partial charge in [-0.2, -0.15) is 18.2 Å². The Balaban J connectivity index is 1.78. The molecule has 2 aromatic heterocycles. The van der Waals surface area contributed by atoms with E-state index >= 15 is 0 Å². The van der Waals surface area contributed by atoms with Crippen LogP contribution in [-0.2, 0) is 29.3 Å². The summed E-state index contributed by atoms with van der Waals surface area (Å²) in [6.45, 7) is 4.74. The normalized spacial score (nSPS) is 12.0. The van der Waals surface area contributed by atoms with E-state index in [-0.39, 0.29) is 18.3 Å². The summed E-state index contributed by atoms with van der Waals surface area (Å²) < 4.78 is 65.2. The number of hydrogen-bond acceptors (Lipinski definition) is 8. The Morgan fingerprint density at radius 3 is 2.33 bits per heavy atom. The molecule has 0 saturated carbocycles. The van der Waals surface area contributed by atoms with Crippen molar-refractivity contribution in [3.8, 4) is 0 Å². The molecule has 1 aromatic carbocycles. The molecule has 13 heteroatoms. The van der Waals surface area contributed by atoms with Gasteiger partial charge in [-0.15, -0.1) is 0 Å². The Kier molecular flexibility index (Phi) is 8.35. The summed E-state index contributed by atoms with van der Waals surface area (Å²) in [4.78, 5) is 11.9. The van der Waals surface area contributed by atoms with Crippen molar-refractivity contribution in [3.05, 3.63) is 65.5 Å². The van der Waals surface area contributed by atoms with Crippen molar-refractivity contribution in [3.63, 3.8) is 0 Å². The lowest BCUT2D eigenvalue weighted by Gasteiger charge is -2.17. The molecule has 36 heavy (non-hydrogen) atoms. The van der Waals surface area contributed by atoms with Crippen molar-refractivity contribution < 1.29 is 21.6 Å². The average Bonchev–Trinajstić information content (AvgIpc) is 2.81. The number of aromatic nitrogens is 3. The number of rotatable bonds is 10. The van der Waals surface area contributed by atoms with Crippen LogP contribution in [0.15, 0.2) is 48.8 Å². The first kappa shape index (κ1) is 27.1. The molecule has 194 valence electrons. The summed E-state index contributed by atoms with van der Waals surface area (Å²) in [5.74, 6) is -0.275. The summed E-state index contributed by atoms with van der Waals surface area (Å²) >= 11 is 0. The maximum atomic E-state index is 13.6. The second kappa shape index (κ2) is 11.1. The van der Waals surface area contributed by atoms with Crippen LogP contribution in [0.5, 0.6) is 0 Å². The third-order valence-electron chi connectivity index (χ3n) is 5.11. The minimum Gasteiger partial charge on any atom is -0.365 e. The second-order valence-corrected chi connectivity index (χ2v) is 10.4. The SMILES string of the molecule is CC(C)NCc1ccc(Nc2ncc(C(F)(F)F)c(NCc3ccnc(N(C)S(C)(=O)=O)c3)n2)cc1. The van der Waals surface area contributed by atoms with Crippen molar-refractivity contribution in [2.24, 2.45) is 0 Å². The maximum Gasteiger partial charge on any atom is 0.421 e. The van der Waals surface area contributed by atoms with Crippen LogP contribution in [0.1, 0.15) is 30.5 Å². The van der Waals surface area contributed by atoms with E-state index in [2.05, 4.69) is 30.9 Å². The van der Waals surface area contributed by atoms with Gasteiger partial charge >= 0.3 is 6.18 Å². The topological polar surface area (TPSA) is 112 Å². The number of nitrogens with one attached hydrogen (secondary N) is 3. The van der Waals surface area contributed by atoms with Crippen LogP contribution in [0.4, 0.5) is 36.4 Å². The molecule has 0 bridgehead atoms. The van der Waals surface area contributed by atoms with E-state index < -0.39 is 27.6 Å². The summed E-state index contributed by atoms with van der Waals surface area (Å²) in [5.41, 5.74) is 1.17. The molecule has 3 aromatic rings. The van der Waals surface area contributed by atoms with E-state index in [1.807, 2.05) is 26.0 Å². The minimum absolute atomic E-state index is 0.00853. The van der Waals surface area contributed by atoms with Crippen molar-refractivity contribution in [2.75, 3.05) is 28.2 Å². The van der Waals surface area contributed by atoms with Gasteiger partial charge in [0.2, 0.25) is 16.0 Å². The largest absolute Gasteiger partial charge is 0.421 e. The van der Waals surface area contributed by atoms with Gasteiger partial charge in [0.05, 0.1) is 6.26 Å². The lowest BCUT2D eigenvalue weighted by Crippen LogP contribution is -2.25. The number of alkyl halides is 3. The standard InChI is InChI=1S/C23H28F3N7O2S/c1-15(2)28-12-16-5-7-18(8-6-16)31-22-30-14-19(23(24,25)26)21(32-22)29-13-17-9-10-27-20(11-17)33(3)36(4,34)35/h5-11,14-15,28H,12-13H2,1-4H3,(H2,29,30,31,32). The number of sulfonamides is 1. The van der Waals surface area contributed by atoms with Crippen LogP contribution in [0.2, 0.25) is 0 Å². The first-order chi connectivity index (χ1) is 16.8. The van der Waals surface area contributed by atoms with Crippen molar-refractivity contribution in [1.82, 2.24) is 20.3 Å². The van der Waals surface area contributed by atoms with E-state index in [9.17, 15) is 21.6 Å². The zero-order chi connectivity index (χ0) is 26.5. The molecule has 0 aliphatic rings. The van der Waals surface area contributed by atoms with Gasteiger partial charge < -0.3 is 16.0 Å². The highest BCUT2D eigenvalue weighted by molar-refractivity contribution is 7.92. The highest BCUT2D eigenvalue weighted by Gasteiger charge is 2.35. The van der Waals surface area contributed by atoms with Gasteiger partial charge in [-0.05, 0) is 35.4 Å². The minimum atomic E-state index is -4.67. The van der Waals surface area contributed by atoms with Crippen LogP contribution < -0.4 is 20.3 Å². The predicted octanol–water partition coefficient (Wildman–Crippen LogP) is 4.14. The summed E-state index contributed by atoms with van der Waals surface area (Å²) in [5, 5.41) is 8.92. The van der Waals surface area contributed by atoms with Gasteiger partial charge in [0.1, 0.15) is 17.2 Å². The van der Waals surface area contributed by atoms with Gasteiger partial charge in [0.25, 0.3) is 0 Å². The fourth-order valence-corrected chi connectivity index (χ4v) is 3.48. The molecule has 0 radical (unpaired) electrons. The number of anilines is 4. The average molecular weight is 524 g/mol. The molecule has 0 saturated heterocycles. The molecular formula is C23H28F3N7O2S. The third-order valence-corrected chi connectivity index (χ3v) is 6.29. The smallest absolute Gasteiger partial charge is 0.365 e. The van der Waals surface area contributed by atoms with E-state index in [0.717, 1.165) is 16.1 Å². The predicted molar refractivity (Wildman–Crippen MR) is 134 cm³/mol. The van der Waals surface area contributed by atoms with Crippen molar-refractivity contribution in [2.45, 2.75) is 39.2 Å². The molecule has 2 heterocycles. The number of halogens is 3.